The van der Waals surface area contributed by atoms with Crippen molar-refractivity contribution in [3.8, 4) is 0 Å². The zero-order valence-corrected chi connectivity index (χ0v) is 15.2. The Labute approximate surface area is 159 Å². The fraction of sp³-hybridized carbons (Fsp3) is 0.364. The van der Waals surface area contributed by atoms with Crippen LogP contribution < -0.4 is 10.2 Å². The lowest BCUT2D eigenvalue weighted by molar-refractivity contribution is -0.122. The van der Waals surface area contributed by atoms with Crippen LogP contribution in [0.1, 0.15) is 30.7 Å². The molecular weight excluding hydrogens is 340 g/mol. The second kappa shape index (κ2) is 7.82. The van der Waals surface area contributed by atoms with Gasteiger partial charge in [0, 0.05) is 12.1 Å². The van der Waals surface area contributed by atoms with Crippen LogP contribution in [-0.4, -0.2) is 31.2 Å². The Hall–Kier alpha value is -2.82. The highest BCUT2D eigenvalue weighted by atomic mass is 16.6. The van der Waals surface area contributed by atoms with Crippen molar-refractivity contribution in [2.24, 2.45) is 5.92 Å². The van der Waals surface area contributed by atoms with Crippen molar-refractivity contribution in [1.82, 2.24) is 5.32 Å². The lowest BCUT2D eigenvalue weighted by Crippen LogP contribution is -2.35. The van der Waals surface area contributed by atoms with Gasteiger partial charge in [0.15, 0.2) is 0 Å². The predicted octanol–water partition coefficient (Wildman–Crippen LogP) is 3.71. The van der Waals surface area contributed by atoms with Crippen LogP contribution in [0.25, 0.3) is 0 Å². The van der Waals surface area contributed by atoms with Crippen molar-refractivity contribution < 1.29 is 14.3 Å². The average molecular weight is 364 g/mol. The fourth-order valence-electron chi connectivity index (χ4n) is 3.70. The summed E-state index contributed by atoms with van der Waals surface area (Å²) < 4.78 is 5.40. The van der Waals surface area contributed by atoms with E-state index in [1.807, 2.05) is 48.5 Å². The summed E-state index contributed by atoms with van der Waals surface area (Å²) in [5.41, 5.74) is 2.05. The number of benzene rings is 2. The molecule has 2 aromatic rings. The van der Waals surface area contributed by atoms with Gasteiger partial charge in [0.25, 0.3) is 0 Å². The number of cyclic esters (lactones) is 1. The van der Waals surface area contributed by atoms with E-state index in [2.05, 4.69) is 17.4 Å². The van der Waals surface area contributed by atoms with E-state index >= 15 is 0 Å². The molecule has 1 saturated carbocycles. The number of rotatable bonds is 7. The van der Waals surface area contributed by atoms with E-state index in [9.17, 15) is 9.59 Å². The Morgan fingerprint density at radius 1 is 1.07 bits per heavy atom. The van der Waals surface area contributed by atoms with Gasteiger partial charge in [0.1, 0.15) is 6.10 Å². The topological polar surface area (TPSA) is 58.6 Å². The largest absolute Gasteiger partial charge is 0.442 e. The Balaban J connectivity index is 1.30. The maximum atomic E-state index is 12.5. The summed E-state index contributed by atoms with van der Waals surface area (Å²) in [6, 6.07) is 19.7. The molecule has 1 saturated heterocycles. The lowest BCUT2D eigenvalue weighted by atomic mass is 9.91. The van der Waals surface area contributed by atoms with Crippen LogP contribution in [0.3, 0.4) is 0 Å². The van der Waals surface area contributed by atoms with E-state index in [0.717, 1.165) is 5.69 Å². The fourth-order valence-corrected chi connectivity index (χ4v) is 3.70. The number of carbonyl (C=O) groups is 2. The molecule has 2 aliphatic rings. The summed E-state index contributed by atoms with van der Waals surface area (Å²) in [6.45, 7) is 0.800. The molecule has 1 aliphatic carbocycles. The van der Waals surface area contributed by atoms with Gasteiger partial charge in [-0.2, -0.15) is 0 Å². The lowest BCUT2D eigenvalue weighted by Gasteiger charge is -2.17. The first-order valence-electron chi connectivity index (χ1n) is 9.55. The molecule has 1 N–H and O–H groups in total. The van der Waals surface area contributed by atoms with Crippen molar-refractivity contribution in [3.05, 3.63) is 66.2 Å². The SMILES string of the molecule is O=C(CC(c1ccccc1)C1CC1)NCC1CN(c2ccccc2)C(=O)O1. The number of amides is 2. The second-order valence-corrected chi connectivity index (χ2v) is 7.31. The molecule has 27 heavy (non-hydrogen) atoms. The molecule has 1 heterocycles. The zero-order valence-electron chi connectivity index (χ0n) is 15.2. The summed E-state index contributed by atoms with van der Waals surface area (Å²) in [6.07, 6.45) is 2.19. The van der Waals surface area contributed by atoms with Crippen LogP contribution in [0.4, 0.5) is 10.5 Å². The van der Waals surface area contributed by atoms with Crippen LogP contribution in [0.2, 0.25) is 0 Å². The molecular formula is C22H24N2O3. The van der Waals surface area contributed by atoms with Gasteiger partial charge in [-0.15, -0.1) is 0 Å². The van der Waals surface area contributed by atoms with Gasteiger partial charge in [0.2, 0.25) is 5.91 Å². The van der Waals surface area contributed by atoms with Crippen LogP contribution in [-0.2, 0) is 9.53 Å². The van der Waals surface area contributed by atoms with E-state index < -0.39 is 0 Å². The summed E-state index contributed by atoms with van der Waals surface area (Å²) >= 11 is 0. The molecule has 2 aromatic carbocycles. The van der Waals surface area contributed by atoms with Crippen LogP contribution in [0.5, 0.6) is 0 Å². The smallest absolute Gasteiger partial charge is 0.414 e. The minimum Gasteiger partial charge on any atom is -0.442 e. The standard InChI is InChI=1S/C22H24N2O3/c25-21(13-20(17-11-12-17)16-7-3-1-4-8-16)23-14-19-15-24(22(26)27-19)18-9-5-2-6-10-18/h1-10,17,19-20H,11-15H2,(H,23,25). The van der Waals surface area contributed by atoms with Crippen LogP contribution >= 0.6 is 0 Å². The first kappa shape index (κ1) is 17.6. The summed E-state index contributed by atoms with van der Waals surface area (Å²) in [7, 11) is 0. The average Bonchev–Trinajstić information content (AvgIpc) is 3.48. The summed E-state index contributed by atoms with van der Waals surface area (Å²) in [4.78, 5) is 26.2. The highest BCUT2D eigenvalue weighted by Gasteiger charge is 2.35. The quantitative estimate of drug-likeness (QED) is 0.815. The van der Waals surface area contributed by atoms with Gasteiger partial charge in [-0.25, -0.2) is 4.79 Å². The zero-order chi connectivity index (χ0) is 18.6. The van der Waals surface area contributed by atoms with E-state index in [4.69, 9.17) is 4.74 Å². The van der Waals surface area contributed by atoms with Crippen LogP contribution in [0, 0.1) is 5.92 Å². The Morgan fingerprint density at radius 3 is 2.41 bits per heavy atom. The van der Waals surface area contributed by atoms with Gasteiger partial charge in [-0.1, -0.05) is 48.5 Å². The third kappa shape index (κ3) is 4.30. The van der Waals surface area contributed by atoms with Gasteiger partial charge >= 0.3 is 6.09 Å². The second-order valence-electron chi connectivity index (χ2n) is 7.31. The number of hydrogen-bond acceptors (Lipinski definition) is 3. The van der Waals surface area contributed by atoms with E-state index in [0.29, 0.717) is 25.4 Å². The molecule has 0 bridgehead atoms. The van der Waals surface area contributed by atoms with Gasteiger partial charge in [0.05, 0.1) is 13.1 Å². The molecule has 140 valence electrons. The molecule has 2 unspecified atom stereocenters. The maximum absolute atomic E-state index is 12.5. The summed E-state index contributed by atoms with van der Waals surface area (Å²) in [5.74, 6) is 0.902. The van der Waals surface area contributed by atoms with Crippen LogP contribution in [0.15, 0.2) is 60.7 Å². The van der Waals surface area contributed by atoms with E-state index in [-0.39, 0.29) is 24.0 Å². The molecule has 0 aromatic heterocycles. The number of hydrogen-bond donors (Lipinski definition) is 1. The Kier molecular flexibility index (Phi) is 5.10. The van der Waals surface area contributed by atoms with Crippen molar-refractivity contribution in [2.75, 3.05) is 18.0 Å². The third-order valence-corrected chi connectivity index (χ3v) is 5.29. The molecule has 2 amide bonds. The van der Waals surface area contributed by atoms with Crippen molar-refractivity contribution in [2.45, 2.75) is 31.3 Å². The Bertz CT molecular complexity index is 790. The number of para-hydroxylation sites is 1. The highest BCUT2D eigenvalue weighted by Crippen LogP contribution is 2.44. The monoisotopic (exact) mass is 364 g/mol. The first-order valence-corrected chi connectivity index (χ1v) is 9.55. The molecule has 5 heteroatoms. The summed E-state index contributed by atoms with van der Waals surface area (Å²) in [5, 5.41) is 2.96. The first-order chi connectivity index (χ1) is 13.2. The van der Waals surface area contributed by atoms with Crippen molar-refractivity contribution in [1.29, 1.82) is 0 Å². The number of nitrogens with zero attached hydrogens (tertiary/aromatic N) is 1. The maximum Gasteiger partial charge on any atom is 0.414 e. The van der Waals surface area contributed by atoms with Crippen molar-refractivity contribution >= 4 is 17.7 Å². The van der Waals surface area contributed by atoms with Crippen molar-refractivity contribution in [3.63, 3.8) is 0 Å². The van der Waals surface area contributed by atoms with Gasteiger partial charge < -0.3 is 10.1 Å². The van der Waals surface area contributed by atoms with Gasteiger partial charge in [-0.05, 0) is 42.4 Å². The molecule has 2 atom stereocenters. The molecule has 5 nitrogen and oxygen atoms in total. The Morgan fingerprint density at radius 2 is 1.74 bits per heavy atom. The molecule has 4 rings (SSSR count). The number of nitrogens with one attached hydrogen (secondary N) is 1. The highest BCUT2D eigenvalue weighted by molar-refractivity contribution is 5.89. The molecule has 0 spiro atoms. The minimum absolute atomic E-state index is 0.0185. The predicted molar refractivity (Wildman–Crippen MR) is 104 cm³/mol. The molecule has 0 radical (unpaired) electrons. The molecule has 1 aliphatic heterocycles. The molecule has 2 fully saturated rings. The van der Waals surface area contributed by atoms with Gasteiger partial charge in [-0.3, -0.25) is 9.69 Å². The van der Waals surface area contributed by atoms with E-state index in [1.54, 1.807) is 4.90 Å². The minimum atomic E-state index is -0.361. The van der Waals surface area contributed by atoms with E-state index in [1.165, 1.54) is 18.4 Å². The number of carbonyl (C=O) groups excluding carboxylic acids is 2. The number of ether oxygens (including phenoxy) is 1. The number of anilines is 1. The third-order valence-electron chi connectivity index (χ3n) is 5.29. The normalized spacial score (nSPS) is 20.2.